The predicted octanol–water partition coefficient (Wildman–Crippen LogP) is 2.99. The minimum atomic E-state index is -2.72. The summed E-state index contributed by atoms with van der Waals surface area (Å²) in [6, 6.07) is 18.0. The molecule has 7 heteroatoms. The summed E-state index contributed by atoms with van der Waals surface area (Å²) < 4.78 is 24.0. The van der Waals surface area contributed by atoms with E-state index in [-0.39, 0.29) is 5.56 Å². The number of hydrogen-bond donors (Lipinski definition) is 0. The van der Waals surface area contributed by atoms with Gasteiger partial charge in [-0.25, -0.2) is 0 Å². The van der Waals surface area contributed by atoms with Crippen molar-refractivity contribution in [1.82, 2.24) is 4.90 Å². The summed E-state index contributed by atoms with van der Waals surface area (Å²) in [6.07, 6.45) is 2.16. The van der Waals surface area contributed by atoms with Gasteiger partial charge in [-0.2, -0.15) is 8.42 Å². The minimum absolute atomic E-state index is 0.278. The van der Waals surface area contributed by atoms with Crippen LogP contribution in [0.1, 0.15) is 28.8 Å². The second-order valence-corrected chi connectivity index (χ2v) is 7.40. The quantitative estimate of drug-likeness (QED) is 0.791. The fourth-order valence-corrected chi connectivity index (χ4v) is 3.74. The summed E-state index contributed by atoms with van der Waals surface area (Å²) in [5.74, 6) is -0.740. The summed E-state index contributed by atoms with van der Waals surface area (Å²) in [5.41, 5.74) is 2.64. The van der Waals surface area contributed by atoms with E-state index in [9.17, 15) is 13.2 Å². The number of anilines is 1. The van der Waals surface area contributed by atoms with Gasteiger partial charge in [0.1, 0.15) is 0 Å². The van der Waals surface area contributed by atoms with Crippen LogP contribution in [0.4, 0.5) is 5.69 Å². The molecule has 0 bridgehead atoms. The van der Waals surface area contributed by atoms with Crippen molar-refractivity contribution >= 4 is 22.1 Å². The molecule has 0 saturated carbocycles. The van der Waals surface area contributed by atoms with Crippen molar-refractivity contribution in [3.63, 3.8) is 0 Å². The molecule has 0 unspecified atom stereocenters. The van der Waals surface area contributed by atoms with Crippen LogP contribution < -0.4 is 4.90 Å². The van der Waals surface area contributed by atoms with Gasteiger partial charge in [-0.1, -0.05) is 34.7 Å². The van der Waals surface area contributed by atoms with Crippen LogP contribution in [-0.2, 0) is 17.0 Å². The Balaban J connectivity index is 1.56. The molecule has 1 saturated heterocycles. The molecule has 0 radical (unpaired) electrons. The fraction of sp³-hybridized carbons (Fsp3) is 0.350. The molecule has 0 spiro atoms. The van der Waals surface area contributed by atoms with E-state index in [1.165, 1.54) is 5.56 Å². The van der Waals surface area contributed by atoms with E-state index < -0.39 is 16.4 Å². The van der Waals surface area contributed by atoms with E-state index in [4.69, 9.17) is 0 Å². The van der Waals surface area contributed by atoms with E-state index >= 15 is 0 Å². The number of nitrogens with zero attached hydrogens (tertiary/aromatic N) is 3. The summed E-state index contributed by atoms with van der Waals surface area (Å²) in [7, 11) is -0.541. The maximum absolute atomic E-state index is 11.6. The lowest BCUT2D eigenvalue weighted by Crippen LogP contribution is -2.43. The maximum Gasteiger partial charge on any atom is 0.319 e. The number of piperidine rings is 1. The van der Waals surface area contributed by atoms with Gasteiger partial charge in [-0.05, 0) is 49.7 Å². The molecular weight excluding hydrogens is 362 g/mol. The van der Waals surface area contributed by atoms with Gasteiger partial charge >= 0.3 is 10.5 Å². The molecule has 6 nitrogen and oxygen atoms in total. The molecule has 0 atom stereocenters. The van der Waals surface area contributed by atoms with Crippen molar-refractivity contribution in [2.75, 3.05) is 25.0 Å². The second-order valence-electron chi connectivity index (χ2n) is 6.78. The minimum Gasteiger partial charge on any atom is -0.371 e. The highest BCUT2D eigenvalue weighted by molar-refractivity contribution is 7.62. The third-order valence-electron chi connectivity index (χ3n) is 5.00. The van der Waals surface area contributed by atoms with E-state index in [0.29, 0.717) is 6.04 Å². The van der Waals surface area contributed by atoms with Gasteiger partial charge in [0.05, 0.1) is 0 Å². The molecule has 27 heavy (non-hydrogen) atoms. The Morgan fingerprint density at radius 1 is 1.07 bits per heavy atom. The molecule has 0 aromatic heterocycles. The lowest BCUT2D eigenvalue weighted by molar-refractivity contribution is 0.100. The van der Waals surface area contributed by atoms with Crippen LogP contribution >= 0.6 is 0 Å². The zero-order valence-electron chi connectivity index (χ0n) is 15.3. The van der Waals surface area contributed by atoms with Crippen LogP contribution in [0.5, 0.6) is 0 Å². The Morgan fingerprint density at radius 3 is 2.30 bits per heavy atom. The molecule has 3 rings (SSSR count). The van der Waals surface area contributed by atoms with Crippen LogP contribution in [0, 0.1) is 0 Å². The van der Waals surface area contributed by atoms with Crippen LogP contribution in [0.3, 0.4) is 0 Å². The van der Waals surface area contributed by atoms with Gasteiger partial charge in [0.25, 0.3) is 5.91 Å². The molecule has 1 aliphatic rings. The van der Waals surface area contributed by atoms with E-state index in [1.54, 1.807) is 12.1 Å². The van der Waals surface area contributed by atoms with E-state index in [0.717, 1.165) is 38.2 Å². The van der Waals surface area contributed by atoms with Gasteiger partial charge in [0.15, 0.2) is 0 Å². The SMILES string of the molecule is CN(Cc1ccccc1)C1CCN(c2ccc(C(=O)N=S(=O)=O)cc2)CC1. The highest BCUT2D eigenvalue weighted by Crippen LogP contribution is 2.23. The Morgan fingerprint density at radius 2 is 1.70 bits per heavy atom. The molecule has 142 valence electrons. The van der Waals surface area contributed by atoms with E-state index in [1.807, 2.05) is 18.2 Å². The van der Waals surface area contributed by atoms with Crippen molar-refractivity contribution in [3.8, 4) is 0 Å². The second kappa shape index (κ2) is 8.92. The van der Waals surface area contributed by atoms with Gasteiger partial charge in [-0.15, -0.1) is 0 Å². The Bertz CT molecular complexity index is 895. The average molecular weight is 385 g/mol. The van der Waals surface area contributed by atoms with Gasteiger partial charge in [-0.3, -0.25) is 9.69 Å². The average Bonchev–Trinajstić information content (AvgIpc) is 2.68. The van der Waals surface area contributed by atoms with Gasteiger partial charge in [0, 0.05) is 36.9 Å². The topological polar surface area (TPSA) is 70.0 Å². The third-order valence-corrected chi connectivity index (χ3v) is 5.31. The lowest BCUT2D eigenvalue weighted by atomic mass is 10.0. The molecular formula is C20H23N3O3S. The van der Waals surface area contributed by atoms with Crippen LogP contribution in [0.15, 0.2) is 59.0 Å². The molecule has 1 amide bonds. The fourth-order valence-electron chi connectivity index (χ4n) is 3.50. The molecule has 0 aliphatic carbocycles. The first-order chi connectivity index (χ1) is 13.0. The summed E-state index contributed by atoms with van der Waals surface area (Å²) in [5, 5.41) is 0. The molecule has 1 aliphatic heterocycles. The first-order valence-corrected chi connectivity index (χ1v) is 10.0. The molecule has 1 heterocycles. The third kappa shape index (κ3) is 5.24. The number of carbonyl (C=O) groups excluding carboxylic acids is 1. The van der Waals surface area contributed by atoms with E-state index in [2.05, 4.69) is 45.5 Å². The first-order valence-electron chi connectivity index (χ1n) is 8.97. The normalized spacial score (nSPS) is 15.0. The van der Waals surface area contributed by atoms with Gasteiger partial charge in [0.2, 0.25) is 0 Å². The summed E-state index contributed by atoms with van der Waals surface area (Å²) in [4.78, 5) is 16.3. The largest absolute Gasteiger partial charge is 0.371 e. The van der Waals surface area contributed by atoms with Crippen LogP contribution in [0.25, 0.3) is 0 Å². The smallest absolute Gasteiger partial charge is 0.319 e. The van der Waals surface area contributed by atoms with Crippen LogP contribution in [0.2, 0.25) is 0 Å². The number of carbonyl (C=O) groups is 1. The van der Waals surface area contributed by atoms with Crippen molar-refractivity contribution in [2.24, 2.45) is 4.36 Å². The van der Waals surface area contributed by atoms with Crippen molar-refractivity contribution < 1.29 is 13.2 Å². The Labute approximate surface area is 161 Å². The Hall–Kier alpha value is -2.51. The lowest BCUT2D eigenvalue weighted by Gasteiger charge is -2.38. The molecule has 0 N–H and O–H groups in total. The molecule has 1 fully saturated rings. The number of amides is 1. The highest BCUT2D eigenvalue weighted by Gasteiger charge is 2.22. The van der Waals surface area contributed by atoms with Gasteiger partial charge < -0.3 is 4.90 Å². The molecule has 2 aromatic rings. The maximum atomic E-state index is 11.6. The first kappa shape index (κ1) is 19.3. The number of rotatable bonds is 5. The zero-order chi connectivity index (χ0) is 19.2. The Kier molecular flexibility index (Phi) is 6.36. The number of benzene rings is 2. The highest BCUT2D eigenvalue weighted by atomic mass is 32.2. The predicted molar refractivity (Wildman–Crippen MR) is 105 cm³/mol. The van der Waals surface area contributed by atoms with Crippen molar-refractivity contribution in [2.45, 2.75) is 25.4 Å². The summed E-state index contributed by atoms with van der Waals surface area (Å²) in [6.45, 7) is 2.85. The van der Waals surface area contributed by atoms with Crippen molar-refractivity contribution in [3.05, 3.63) is 65.7 Å². The molecule has 2 aromatic carbocycles. The van der Waals surface area contributed by atoms with Crippen molar-refractivity contribution in [1.29, 1.82) is 0 Å². The zero-order valence-corrected chi connectivity index (χ0v) is 16.1. The standard InChI is InChI=1S/C20H23N3O3S/c1-22(15-16-5-3-2-4-6-16)18-11-13-23(14-12-18)19-9-7-17(8-10-19)20(24)21-27(25)26/h2-10,18H,11-15H2,1H3. The van der Waals surface area contributed by atoms with Crippen LogP contribution in [-0.4, -0.2) is 45.4 Å². The monoisotopic (exact) mass is 385 g/mol. The number of hydrogen-bond acceptors (Lipinski definition) is 5. The summed E-state index contributed by atoms with van der Waals surface area (Å²) >= 11 is 0.